The molecule has 0 saturated heterocycles. The van der Waals surface area contributed by atoms with Gasteiger partial charge in [-0.2, -0.15) is 0 Å². The van der Waals surface area contributed by atoms with Crippen LogP contribution >= 0.6 is 0 Å². The maximum atomic E-state index is 12.9. The number of anilines is 2. The fraction of sp³-hybridized carbons (Fsp3) is 0.0833. The zero-order chi connectivity index (χ0) is 20.9. The summed E-state index contributed by atoms with van der Waals surface area (Å²) in [5.74, 6) is 2.59. The van der Waals surface area contributed by atoms with Crippen LogP contribution in [0.3, 0.4) is 0 Å². The lowest BCUT2D eigenvalue weighted by Crippen LogP contribution is -2.12. The zero-order valence-electron chi connectivity index (χ0n) is 16.7. The molecule has 4 aromatic rings. The summed E-state index contributed by atoms with van der Waals surface area (Å²) in [6, 6.07) is 22.2. The summed E-state index contributed by atoms with van der Waals surface area (Å²) in [5, 5.41) is 7.67. The third kappa shape index (κ3) is 4.17. The lowest BCUT2D eigenvalue weighted by molar-refractivity contribution is 0.102. The van der Waals surface area contributed by atoms with Gasteiger partial charge in [-0.05, 0) is 53.2 Å². The van der Waals surface area contributed by atoms with Gasteiger partial charge < -0.3 is 20.1 Å². The predicted octanol–water partition coefficient (Wildman–Crippen LogP) is 5.33. The van der Waals surface area contributed by atoms with Crippen molar-refractivity contribution >= 4 is 28.2 Å². The third-order valence-corrected chi connectivity index (χ3v) is 4.65. The van der Waals surface area contributed by atoms with Gasteiger partial charge in [0.2, 0.25) is 0 Å². The average molecular weight is 399 g/mol. The predicted molar refractivity (Wildman–Crippen MR) is 119 cm³/mol. The van der Waals surface area contributed by atoms with E-state index in [1.165, 1.54) is 0 Å². The second kappa shape index (κ2) is 8.53. The number of pyridine rings is 1. The van der Waals surface area contributed by atoms with Crippen molar-refractivity contribution in [1.29, 1.82) is 0 Å². The standard InChI is InChI=1S/C24H21N3O3/c1-25-23-15-20(11-12-26-23)30-19-9-10-21-16(13-19)5-3-8-22(21)24(28)27-17-6-4-7-18(14-17)29-2/h3-15H,1-2H3,(H,25,26)(H,27,28). The Morgan fingerprint density at radius 2 is 1.73 bits per heavy atom. The number of carbonyl (C=O) groups excluding carboxylic acids is 1. The second-order valence-electron chi connectivity index (χ2n) is 6.60. The molecule has 6 nitrogen and oxygen atoms in total. The highest BCUT2D eigenvalue weighted by Crippen LogP contribution is 2.29. The van der Waals surface area contributed by atoms with Crippen LogP contribution in [0, 0.1) is 0 Å². The molecule has 0 atom stereocenters. The van der Waals surface area contributed by atoms with Crippen molar-refractivity contribution in [2.75, 3.05) is 24.8 Å². The summed E-state index contributed by atoms with van der Waals surface area (Å²) in [7, 11) is 3.40. The highest BCUT2D eigenvalue weighted by Gasteiger charge is 2.12. The van der Waals surface area contributed by atoms with Crippen LogP contribution in [-0.2, 0) is 0 Å². The molecule has 1 aromatic heterocycles. The largest absolute Gasteiger partial charge is 0.497 e. The van der Waals surface area contributed by atoms with Gasteiger partial charge in [-0.25, -0.2) is 4.98 Å². The van der Waals surface area contributed by atoms with Crippen LogP contribution in [0.5, 0.6) is 17.2 Å². The Hall–Kier alpha value is -4.06. The Kier molecular flexibility index (Phi) is 5.48. The SMILES string of the molecule is CNc1cc(Oc2ccc3c(C(=O)Nc4cccc(OC)c4)cccc3c2)ccn1. The summed E-state index contributed by atoms with van der Waals surface area (Å²) >= 11 is 0. The number of nitrogens with zero attached hydrogens (tertiary/aromatic N) is 1. The monoisotopic (exact) mass is 399 g/mol. The van der Waals surface area contributed by atoms with Crippen molar-refractivity contribution in [3.8, 4) is 17.2 Å². The van der Waals surface area contributed by atoms with Gasteiger partial charge in [0.25, 0.3) is 5.91 Å². The normalized spacial score (nSPS) is 10.5. The minimum Gasteiger partial charge on any atom is -0.497 e. The van der Waals surface area contributed by atoms with Crippen LogP contribution in [0.2, 0.25) is 0 Å². The van der Waals surface area contributed by atoms with Crippen LogP contribution in [-0.4, -0.2) is 25.0 Å². The fourth-order valence-electron chi connectivity index (χ4n) is 3.17. The molecule has 3 aromatic carbocycles. The highest BCUT2D eigenvalue weighted by atomic mass is 16.5. The molecule has 0 bridgehead atoms. The number of rotatable bonds is 6. The fourth-order valence-corrected chi connectivity index (χ4v) is 3.17. The van der Waals surface area contributed by atoms with Gasteiger partial charge in [0, 0.05) is 36.6 Å². The van der Waals surface area contributed by atoms with E-state index in [0.29, 0.717) is 28.5 Å². The Labute approximate surface area is 174 Å². The maximum Gasteiger partial charge on any atom is 0.256 e. The molecule has 0 saturated carbocycles. The van der Waals surface area contributed by atoms with Crippen molar-refractivity contribution in [3.05, 3.63) is 84.6 Å². The molecule has 0 unspecified atom stereocenters. The lowest BCUT2D eigenvalue weighted by Gasteiger charge is -2.11. The van der Waals surface area contributed by atoms with Crippen LogP contribution in [0.15, 0.2) is 79.0 Å². The number of carbonyl (C=O) groups is 1. The number of aromatic nitrogens is 1. The molecule has 4 rings (SSSR count). The minimum atomic E-state index is -0.185. The molecule has 0 aliphatic heterocycles. The van der Waals surface area contributed by atoms with E-state index < -0.39 is 0 Å². The molecule has 0 radical (unpaired) electrons. The Morgan fingerprint density at radius 1 is 0.900 bits per heavy atom. The van der Waals surface area contributed by atoms with Crippen LogP contribution in [0.25, 0.3) is 10.8 Å². The molecule has 30 heavy (non-hydrogen) atoms. The highest BCUT2D eigenvalue weighted by molar-refractivity contribution is 6.13. The van der Waals surface area contributed by atoms with E-state index in [-0.39, 0.29) is 5.91 Å². The second-order valence-corrected chi connectivity index (χ2v) is 6.60. The first-order valence-corrected chi connectivity index (χ1v) is 9.46. The van der Waals surface area contributed by atoms with E-state index in [1.807, 2.05) is 54.6 Å². The molecule has 0 aliphatic rings. The maximum absolute atomic E-state index is 12.9. The average Bonchev–Trinajstić information content (AvgIpc) is 2.78. The number of hydrogen-bond donors (Lipinski definition) is 2. The summed E-state index contributed by atoms with van der Waals surface area (Å²) < 4.78 is 11.2. The number of ether oxygens (including phenoxy) is 2. The number of hydrogen-bond acceptors (Lipinski definition) is 5. The first kappa shape index (κ1) is 19.3. The Bertz CT molecular complexity index is 1210. The molecule has 1 heterocycles. The van der Waals surface area contributed by atoms with Crippen molar-refractivity contribution in [3.63, 3.8) is 0 Å². The smallest absolute Gasteiger partial charge is 0.256 e. The van der Waals surface area contributed by atoms with Gasteiger partial charge in [-0.1, -0.05) is 18.2 Å². The molecule has 6 heteroatoms. The van der Waals surface area contributed by atoms with Crippen LogP contribution in [0.4, 0.5) is 11.5 Å². The van der Waals surface area contributed by atoms with Crippen LogP contribution < -0.4 is 20.1 Å². The van der Waals surface area contributed by atoms with E-state index >= 15 is 0 Å². The number of benzene rings is 3. The lowest BCUT2D eigenvalue weighted by atomic mass is 10.0. The Morgan fingerprint density at radius 3 is 2.57 bits per heavy atom. The molecular formula is C24H21N3O3. The van der Waals surface area contributed by atoms with Gasteiger partial charge in [-0.15, -0.1) is 0 Å². The quantitative estimate of drug-likeness (QED) is 0.458. The molecule has 2 N–H and O–H groups in total. The minimum absolute atomic E-state index is 0.185. The van der Waals surface area contributed by atoms with Gasteiger partial charge in [-0.3, -0.25) is 4.79 Å². The molecule has 1 amide bonds. The number of amides is 1. The molecule has 150 valence electrons. The van der Waals surface area contributed by atoms with Crippen molar-refractivity contribution < 1.29 is 14.3 Å². The molecule has 0 spiro atoms. The molecule has 0 fully saturated rings. The number of fused-ring (bicyclic) bond motifs is 1. The van der Waals surface area contributed by atoms with Gasteiger partial charge in [0.1, 0.15) is 23.1 Å². The van der Waals surface area contributed by atoms with Gasteiger partial charge in [0.05, 0.1) is 7.11 Å². The van der Waals surface area contributed by atoms with Crippen LogP contribution in [0.1, 0.15) is 10.4 Å². The topological polar surface area (TPSA) is 72.5 Å². The van der Waals surface area contributed by atoms with E-state index in [0.717, 1.165) is 16.6 Å². The van der Waals surface area contributed by atoms with Crippen molar-refractivity contribution in [2.24, 2.45) is 0 Å². The number of nitrogens with one attached hydrogen (secondary N) is 2. The zero-order valence-corrected chi connectivity index (χ0v) is 16.7. The van der Waals surface area contributed by atoms with Gasteiger partial charge in [0.15, 0.2) is 0 Å². The van der Waals surface area contributed by atoms with E-state index in [2.05, 4.69) is 15.6 Å². The summed E-state index contributed by atoms with van der Waals surface area (Å²) in [5.41, 5.74) is 1.26. The third-order valence-electron chi connectivity index (χ3n) is 4.65. The molecular weight excluding hydrogens is 378 g/mol. The van der Waals surface area contributed by atoms with E-state index in [1.54, 1.807) is 38.6 Å². The first-order valence-electron chi connectivity index (χ1n) is 9.46. The Balaban J connectivity index is 1.59. The van der Waals surface area contributed by atoms with Crippen molar-refractivity contribution in [1.82, 2.24) is 4.98 Å². The summed E-state index contributed by atoms with van der Waals surface area (Å²) in [6.45, 7) is 0. The van der Waals surface area contributed by atoms with Gasteiger partial charge >= 0.3 is 0 Å². The van der Waals surface area contributed by atoms with E-state index in [9.17, 15) is 4.79 Å². The van der Waals surface area contributed by atoms with Crippen molar-refractivity contribution in [2.45, 2.75) is 0 Å². The molecule has 0 aliphatic carbocycles. The number of methoxy groups -OCH3 is 1. The summed E-state index contributed by atoms with van der Waals surface area (Å²) in [6.07, 6.45) is 1.68. The summed E-state index contributed by atoms with van der Waals surface area (Å²) in [4.78, 5) is 17.1. The van der Waals surface area contributed by atoms with E-state index in [4.69, 9.17) is 9.47 Å². The first-order chi connectivity index (χ1) is 14.7.